The van der Waals surface area contributed by atoms with Gasteiger partial charge in [-0.2, -0.15) is 0 Å². The van der Waals surface area contributed by atoms with Gasteiger partial charge in [0.05, 0.1) is 52.9 Å². The van der Waals surface area contributed by atoms with Crippen molar-refractivity contribution >= 4 is 16.6 Å². The molecule has 0 aliphatic heterocycles. The average Bonchev–Trinajstić information content (AvgIpc) is 2.84. The lowest BCUT2D eigenvalue weighted by Crippen LogP contribution is -2.44. The van der Waals surface area contributed by atoms with Crippen LogP contribution in [0.4, 0.5) is 0 Å². The van der Waals surface area contributed by atoms with Gasteiger partial charge in [0, 0.05) is 34.0 Å². The molecule has 0 aromatic heterocycles. The molecule has 0 aliphatic carbocycles. The molecule has 0 radical (unpaired) electrons. The van der Waals surface area contributed by atoms with Gasteiger partial charge in [-0.05, 0) is 64.0 Å². The van der Waals surface area contributed by atoms with Crippen molar-refractivity contribution in [1.29, 1.82) is 0 Å². The molecule has 0 unspecified atom stereocenters. The molecule has 0 atom stereocenters. The first kappa shape index (κ1) is 37.1. The van der Waals surface area contributed by atoms with E-state index in [1.54, 1.807) is 14.2 Å². The number of hydrogen-bond donors (Lipinski definition) is 0. The van der Waals surface area contributed by atoms with E-state index in [0.29, 0.717) is 59.5 Å². The van der Waals surface area contributed by atoms with E-state index in [0.717, 1.165) is 64.4 Å². The van der Waals surface area contributed by atoms with Crippen molar-refractivity contribution in [3.8, 4) is 0 Å². The Morgan fingerprint density at radius 2 is 0.757 bits per heavy atom. The van der Waals surface area contributed by atoms with Crippen LogP contribution in [-0.2, 0) is 42.3 Å². The van der Waals surface area contributed by atoms with Crippen molar-refractivity contribution in [2.24, 2.45) is 0 Å². The van der Waals surface area contributed by atoms with Gasteiger partial charge < -0.3 is 32.5 Å². The van der Waals surface area contributed by atoms with Gasteiger partial charge in [0.1, 0.15) is 6.61 Å². The predicted octanol–water partition coefficient (Wildman–Crippen LogP) is 5.06. The van der Waals surface area contributed by atoms with Gasteiger partial charge in [-0.15, -0.1) is 0 Å². The highest BCUT2D eigenvalue weighted by Gasteiger charge is 2.32. The largest absolute Gasteiger partial charge is 0.455 e. The van der Waals surface area contributed by atoms with Crippen LogP contribution in [0.25, 0.3) is 0 Å². The molecule has 0 bridgehead atoms. The van der Waals surface area contributed by atoms with Crippen molar-refractivity contribution in [3.05, 3.63) is 0 Å². The molecule has 9 nitrogen and oxygen atoms in total. The zero-order chi connectivity index (χ0) is 27.5. The van der Waals surface area contributed by atoms with Crippen LogP contribution in [0.3, 0.4) is 0 Å². The maximum absolute atomic E-state index is 6.74. The monoisotopic (exact) mass is 570 g/mol. The van der Waals surface area contributed by atoms with E-state index in [-0.39, 0.29) is 0 Å². The van der Waals surface area contributed by atoms with E-state index < -0.39 is 16.6 Å². The summed E-state index contributed by atoms with van der Waals surface area (Å²) >= 11 is 0. The van der Waals surface area contributed by atoms with E-state index in [2.05, 4.69) is 26.2 Å². The molecule has 0 saturated heterocycles. The Bertz CT molecular complexity index is 431. The molecule has 37 heavy (non-hydrogen) atoms. The number of unbranched alkanes of at least 4 members (excludes halogenated alkanes) is 3. The van der Waals surface area contributed by atoms with Crippen molar-refractivity contribution in [2.75, 3.05) is 93.5 Å². The van der Waals surface area contributed by atoms with E-state index in [9.17, 15) is 0 Å². The van der Waals surface area contributed by atoms with Crippen LogP contribution in [-0.4, -0.2) is 110 Å². The minimum atomic E-state index is -1.67. The fourth-order valence-electron chi connectivity index (χ4n) is 3.76. The fraction of sp³-hybridized carbons (Fsp3) is 1.00. The summed E-state index contributed by atoms with van der Waals surface area (Å²) in [6.45, 7) is 17.0. The highest BCUT2D eigenvalue weighted by atomic mass is 28.4. The third-order valence-corrected chi connectivity index (χ3v) is 13.1. The zero-order valence-corrected chi connectivity index (χ0v) is 26.8. The van der Waals surface area contributed by atoms with Gasteiger partial charge in [-0.3, -0.25) is 0 Å². The molecular weight excluding hydrogens is 512 g/mol. The molecule has 0 aromatic rings. The minimum Gasteiger partial charge on any atom is -0.455 e. The van der Waals surface area contributed by atoms with E-state index in [1.165, 1.54) is 6.04 Å². The number of ether oxygens (including phenoxy) is 6. The summed E-state index contributed by atoms with van der Waals surface area (Å²) in [6, 6.07) is 2.32. The van der Waals surface area contributed by atoms with Gasteiger partial charge in [-0.1, -0.05) is 12.8 Å². The van der Waals surface area contributed by atoms with Crippen molar-refractivity contribution in [3.63, 3.8) is 0 Å². The fourth-order valence-corrected chi connectivity index (χ4v) is 12.8. The Labute approximate surface area is 229 Å². The van der Waals surface area contributed by atoms with Crippen LogP contribution < -0.4 is 0 Å². The molecule has 0 rings (SSSR count). The Morgan fingerprint density at radius 1 is 0.378 bits per heavy atom. The smallest absolute Gasteiger partial charge is 0.173 e. The van der Waals surface area contributed by atoms with Crippen LogP contribution >= 0.6 is 0 Å². The molecular formula is C26H58O9Si2. The number of rotatable bonds is 30. The number of hydrogen-bond acceptors (Lipinski definition) is 9. The second kappa shape index (κ2) is 26.3. The van der Waals surface area contributed by atoms with Crippen LogP contribution in [0.1, 0.15) is 38.5 Å². The summed E-state index contributed by atoms with van der Waals surface area (Å²) in [5.74, 6) is 0. The first-order valence-corrected chi connectivity index (χ1v) is 20.3. The molecule has 0 aliphatic rings. The zero-order valence-electron chi connectivity index (χ0n) is 24.8. The summed E-state index contributed by atoms with van der Waals surface area (Å²) < 4.78 is 38.7. The molecule has 0 saturated carbocycles. The van der Waals surface area contributed by atoms with Gasteiger partial charge >= 0.3 is 0 Å². The lowest BCUT2D eigenvalue weighted by molar-refractivity contribution is -0.299. The van der Waals surface area contributed by atoms with Crippen LogP contribution in [0.5, 0.6) is 0 Å². The standard InChI is InChI=1S/C26H58O9Si2/c1-27-13-7-8-14-30-23-24-34-33-16-10-12-26-37(5,6)35-36(3,4)25-11-9-15-29-19-20-32-22-21-31-18-17-28-2/h7-26H2,1-6H3. The first-order chi connectivity index (χ1) is 17.8. The Kier molecular flexibility index (Phi) is 26.4. The molecule has 0 heterocycles. The van der Waals surface area contributed by atoms with Gasteiger partial charge in [0.15, 0.2) is 16.6 Å². The van der Waals surface area contributed by atoms with Crippen LogP contribution in [0, 0.1) is 0 Å². The Balaban J connectivity index is 3.57. The SMILES string of the molecule is COCCCCOCCOOCCCC[Si](C)(C)O[Si](C)(C)CCCCOCCOCCOCCOC. The molecule has 0 fully saturated rings. The van der Waals surface area contributed by atoms with Gasteiger partial charge in [0.2, 0.25) is 0 Å². The third kappa shape index (κ3) is 28.9. The van der Waals surface area contributed by atoms with Gasteiger partial charge in [-0.25, -0.2) is 9.78 Å². The van der Waals surface area contributed by atoms with E-state index >= 15 is 0 Å². The Morgan fingerprint density at radius 3 is 1.30 bits per heavy atom. The predicted molar refractivity (Wildman–Crippen MR) is 152 cm³/mol. The maximum atomic E-state index is 6.74. The molecule has 0 aromatic carbocycles. The van der Waals surface area contributed by atoms with Crippen molar-refractivity contribution in [1.82, 2.24) is 0 Å². The molecule has 0 spiro atoms. The number of methoxy groups -OCH3 is 2. The molecule has 0 N–H and O–H groups in total. The third-order valence-electron chi connectivity index (χ3n) is 5.58. The normalized spacial score (nSPS) is 12.5. The summed E-state index contributed by atoms with van der Waals surface area (Å²) in [4.78, 5) is 10.5. The Hall–Kier alpha value is 0.0738. The minimum absolute atomic E-state index is 0.470. The highest BCUT2D eigenvalue weighted by Crippen LogP contribution is 2.24. The molecule has 11 heteroatoms. The van der Waals surface area contributed by atoms with Crippen molar-refractivity contribution < 1.29 is 42.3 Å². The van der Waals surface area contributed by atoms with Crippen LogP contribution in [0.15, 0.2) is 0 Å². The second-order valence-electron chi connectivity index (χ2n) is 10.3. The second-order valence-corrected chi connectivity index (χ2v) is 19.2. The lowest BCUT2D eigenvalue weighted by Gasteiger charge is -2.34. The average molecular weight is 571 g/mol. The lowest BCUT2D eigenvalue weighted by atomic mass is 10.3. The first-order valence-electron chi connectivity index (χ1n) is 14.1. The molecule has 0 amide bonds. The summed E-state index contributed by atoms with van der Waals surface area (Å²) in [5, 5.41) is 0. The van der Waals surface area contributed by atoms with Crippen LogP contribution in [0.2, 0.25) is 38.3 Å². The quantitative estimate of drug-likeness (QED) is 0.0509. The topological polar surface area (TPSA) is 83.1 Å². The van der Waals surface area contributed by atoms with Gasteiger partial charge in [0.25, 0.3) is 0 Å². The van der Waals surface area contributed by atoms with E-state index in [4.69, 9.17) is 42.3 Å². The summed E-state index contributed by atoms with van der Waals surface area (Å²) in [6.07, 6.45) is 6.35. The van der Waals surface area contributed by atoms with Crippen molar-refractivity contribution in [2.45, 2.75) is 76.8 Å². The highest BCUT2D eigenvalue weighted by molar-refractivity contribution is 6.84. The molecule has 224 valence electrons. The summed E-state index contributed by atoms with van der Waals surface area (Å²) in [7, 11) is 0.0490. The van der Waals surface area contributed by atoms with E-state index in [1.807, 2.05) is 0 Å². The summed E-state index contributed by atoms with van der Waals surface area (Å²) in [5.41, 5.74) is 0. The maximum Gasteiger partial charge on any atom is 0.173 e.